The summed E-state index contributed by atoms with van der Waals surface area (Å²) in [6, 6.07) is 6.56. The number of pyridine rings is 1. The molecule has 0 aliphatic heterocycles. The predicted molar refractivity (Wildman–Crippen MR) is 85.4 cm³/mol. The van der Waals surface area contributed by atoms with Crippen molar-refractivity contribution in [2.75, 3.05) is 0 Å². The Morgan fingerprint density at radius 1 is 1.17 bits per heavy atom. The van der Waals surface area contributed by atoms with Gasteiger partial charge in [-0.15, -0.1) is 0 Å². The minimum absolute atomic E-state index is 0.215. The fourth-order valence-electron chi connectivity index (χ4n) is 3.07. The van der Waals surface area contributed by atoms with E-state index >= 15 is 0 Å². The van der Waals surface area contributed by atoms with Crippen LogP contribution in [0.2, 0.25) is 0 Å². The molecule has 0 atom stereocenters. The molecule has 122 valence electrons. The largest absolute Gasteiger partial charge is 0.481 e. The molecule has 1 aromatic carbocycles. The normalized spacial score (nSPS) is 22.1. The smallest absolute Gasteiger partial charge is 0.306 e. The topological polar surface area (TPSA) is 96.4 Å². The Morgan fingerprint density at radius 3 is 2.61 bits per heavy atom. The maximum absolute atomic E-state index is 12.7. The van der Waals surface area contributed by atoms with Crippen molar-refractivity contribution in [1.82, 2.24) is 9.71 Å². The van der Waals surface area contributed by atoms with E-state index in [-0.39, 0.29) is 16.9 Å². The molecule has 23 heavy (non-hydrogen) atoms. The number of hydrogen-bond donors (Lipinski definition) is 2. The number of aliphatic carboxylic acids is 1. The van der Waals surface area contributed by atoms with Gasteiger partial charge in [0.1, 0.15) is 0 Å². The van der Waals surface area contributed by atoms with Crippen molar-refractivity contribution in [3.05, 3.63) is 36.7 Å². The third kappa shape index (κ3) is 3.35. The van der Waals surface area contributed by atoms with Crippen LogP contribution in [-0.4, -0.2) is 30.5 Å². The molecule has 0 bridgehead atoms. The molecule has 6 nitrogen and oxygen atoms in total. The van der Waals surface area contributed by atoms with Gasteiger partial charge in [-0.25, -0.2) is 13.1 Å². The second-order valence-electron chi connectivity index (χ2n) is 5.86. The summed E-state index contributed by atoms with van der Waals surface area (Å²) in [7, 11) is -3.65. The lowest BCUT2D eigenvalue weighted by atomic mass is 9.87. The zero-order valence-corrected chi connectivity index (χ0v) is 13.3. The summed E-state index contributed by atoms with van der Waals surface area (Å²) >= 11 is 0. The second kappa shape index (κ2) is 6.25. The van der Waals surface area contributed by atoms with Gasteiger partial charge in [0.05, 0.1) is 10.8 Å². The Morgan fingerprint density at radius 2 is 1.91 bits per heavy atom. The van der Waals surface area contributed by atoms with Crippen molar-refractivity contribution in [2.24, 2.45) is 5.92 Å². The second-order valence-corrected chi connectivity index (χ2v) is 7.54. The Balaban J connectivity index is 1.81. The number of rotatable bonds is 4. The molecule has 2 N–H and O–H groups in total. The number of carbonyl (C=O) groups is 1. The van der Waals surface area contributed by atoms with Gasteiger partial charge in [-0.05, 0) is 37.8 Å². The summed E-state index contributed by atoms with van der Waals surface area (Å²) in [5.41, 5.74) is 0. The van der Waals surface area contributed by atoms with Gasteiger partial charge in [0.15, 0.2) is 0 Å². The third-order valence-corrected chi connectivity index (χ3v) is 5.91. The predicted octanol–water partition coefficient (Wildman–Crippen LogP) is 2.16. The van der Waals surface area contributed by atoms with Gasteiger partial charge in [0, 0.05) is 29.2 Å². The van der Waals surface area contributed by atoms with Crippen LogP contribution in [0.5, 0.6) is 0 Å². The molecular formula is C16H18N2O4S. The van der Waals surface area contributed by atoms with Crippen molar-refractivity contribution in [1.29, 1.82) is 0 Å². The zero-order valence-electron chi connectivity index (χ0n) is 12.5. The summed E-state index contributed by atoms with van der Waals surface area (Å²) in [6.07, 6.45) is 5.29. The van der Waals surface area contributed by atoms with Gasteiger partial charge in [-0.3, -0.25) is 9.78 Å². The number of hydrogen-bond acceptors (Lipinski definition) is 4. The van der Waals surface area contributed by atoms with Crippen molar-refractivity contribution >= 4 is 26.8 Å². The van der Waals surface area contributed by atoms with E-state index in [9.17, 15) is 13.2 Å². The van der Waals surface area contributed by atoms with E-state index in [1.165, 1.54) is 0 Å². The highest BCUT2D eigenvalue weighted by atomic mass is 32.2. The first kappa shape index (κ1) is 15.9. The average molecular weight is 334 g/mol. The van der Waals surface area contributed by atoms with Crippen LogP contribution < -0.4 is 4.72 Å². The number of nitrogens with one attached hydrogen (secondary N) is 1. The van der Waals surface area contributed by atoms with E-state index in [0.717, 1.165) is 5.39 Å². The SMILES string of the molecule is O=C(O)C1CCC(NS(=O)(=O)c2cccc3cnccc23)CC1. The number of benzene rings is 1. The number of sulfonamides is 1. The summed E-state index contributed by atoms with van der Waals surface area (Å²) in [4.78, 5) is 15.2. The fraction of sp³-hybridized carbons (Fsp3) is 0.375. The molecule has 3 rings (SSSR count). The third-order valence-electron chi connectivity index (χ3n) is 4.33. The Labute approximate surface area is 134 Å². The molecule has 1 fully saturated rings. The highest BCUT2D eigenvalue weighted by Crippen LogP contribution is 2.27. The van der Waals surface area contributed by atoms with E-state index in [2.05, 4.69) is 9.71 Å². The number of fused-ring (bicyclic) bond motifs is 1. The minimum atomic E-state index is -3.65. The maximum atomic E-state index is 12.7. The first-order valence-electron chi connectivity index (χ1n) is 7.55. The highest BCUT2D eigenvalue weighted by Gasteiger charge is 2.29. The van der Waals surface area contributed by atoms with Crippen LogP contribution in [0.1, 0.15) is 25.7 Å². The van der Waals surface area contributed by atoms with Gasteiger partial charge >= 0.3 is 5.97 Å². The monoisotopic (exact) mass is 334 g/mol. The van der Waals surface area contributed by atoms with Crippen molar-refractivity contribution < 1.29 is 18.3 Å². The Bertz CT molecular complexity index is 822. The van der Waals surface area contributed by atoms with Crippen LogP contribution in [0.4, 0.5) is 0 Å². The van der Waals surface area contributed by atoms with E-state index in [0.29, 0.717) is 31.1 Å². The van der Waals surface area contributed by atoms with Crippen molar-refractivity contribution in [2.45, 2.75) is 36.6 Å². The van der Waals surface area contributed by atoms with Crippen LogP contribution >= 0.6 is 0 Å². The lowest BCUT2D eigenvalue weighted by Gasteiger charge is -2.26. The van der Waals surface area contributed by atoms with Gasteiger partial charge in [-0.1, -0.05) is 12.1 Å². The Hall–Kier alpha value is -1.99. The number of carboxylic acid groups (broad SMARTS) is 1. The first-order chi connectivity index (χ1) is 11.0. The number of carboxylic acids is 1. The molecule has 0 unspecified atom stereocenters. The van der Waals surface area contributed by atoms with Crippen LogP contribution in [0, 0.1) is 5.92 Å². The van der Waals surface area contributed by atoms with Crippen LogP contribution in [0.3, 0.4) is 0 Å². The quantitative estimate of drug-likeness (QED) is 0.893. The van der Waals surface area contributed by atoms with Crippen molar-refractivity contribution in [3.63, 3.8) is 0 Å². The van der Waals surface area contributed by atoms with Gasteiger partial charge in [-0.2, -0.15) is 0 Å². The van der Waals surface area contributed by atoms with E-state index in [1.54, 1.807) is 30.6 Å². The molecular weight excluding hydrogens is 316 g/mol. The molecule has 0 amide bonds. The zero-order chi connectivity index (χ0) is 16.4. The van der Waals surface area contributed by atoms with Gasteiger partial charge in [0.25, 0.3) is 0 Å². The molecule has 7 heteroatoms. The van der Waals surface area contributed by atoms with Gasteiger partial charge < -0.3 is 5.11 Å². The van der Waals surface area contributed by atoms with Crippen LogP contribution in [0.25, 0.3) is 10.8 Å². The maximum Gasteiger partial charge on any atom is 0.306 e. The lowest BCUT2D eigenvalue weighted by molar-refractivity contribution is -0.142. The number of aromatic nitrogens is 1. The average Bonchev–Trinajstić information content (AvgIpc) is 2.54. The van der Waals surface area contributed by atoms with E-state index < -0.39 is 16.0 Å². The van der Waals surface area contributed by atoms with E-state index in [4.69, 9.17) is 5.11 Å². The molecule has 0 radical (unpaired) electrons. The van der Waals surface area contributed by atoms with Crippen molar-refractivity contribution in [3.8, 4) is 0 Å². The van der Waals surface area contributed by atoms with E-state index in [1.807, 2.05) is 6.07 Å². The molecule has 1 aliphatic carbocycles. The lowest BCUT2D eigenvalue weighted by Crippen LogP contribution is -2.38. The standard InChI is InChI=1S/C16H18N2O4S/c19-16(20)11-4-6-13(7-5-11)18-23(21,22)15-3-1-2-12-10-17-9-8-14(12)15/h1-3,8-11,13,18H,4-7H2,(H,19,20). The van der Waals surface area contributed by atoms with Crippen LogP contribution in [0.15, 0.2) is 41.6 Å². The summed E-state index contributed by atoms with van der Waals surface area (Å²) in [6.45, 7) is 0. The molecule has 0 saturated heterocycles. The van der Waals surface area contributed by atoms with Gasteiger partial charge in [0.2, 0.25) is 10.0 Å². The van der Waals surface area contributed by atoms with Crippen LogP contribution in [-0.2, 0) is 14.8 Å². The summed E-state index contributed by atoms with van der Waals surface area (Å²) in [5, 5.41) is 10.4. The molecule has 1 heterocycles. The minimum Gasteiger partial charge on any atom is -0.481 e. The molecule has 0 spiro atoms. The molecule has 2 aromatic rings. The Kier molecular flexibility index (Phi) is 4.32. The fourth-order valence-corrected chi connectivity index (χ4v) is 4.60. The highest BCUT2D eigenvalue weighted by molar-refractivity contribution is 7.89. The number of nitrogens with zero attached hydrogens (tertiary/aromatic N) is 1. The molecule has 1 aliphatic rings. The summed E-state index contributed by atoms with van der Waals surface area (Å²) in [5.74, 6) is -1.16. The first-order valence-corrected chi connectivity index (χ1v) is 9.03. The molecule has 1 aromatic heterocycles. The summed E-state index contributed by atoms with van der Waals surface area (Å²) < 4.78 is 28.1. The molecule has 1 saturated carbocycles.